The van der Waals surface area contributed by atoms with E-state index in [1.807, 2.05) is 33.9 Å². The van der Waals surface area contributed by atoms with Gasteiger partial charge in [0.15, 0.2) is 8.32 Å². The van der Waals surface area contributed by atoms with Crippen molar-refractivity contribution in [3.8, 4) is 0 Å². The molecule has 0 aromatic carbocycles. The number of rotatable bonds is 12. The van der Waals surface area contributed by atoms with Crippen molar-refractivity contribution < 1.29 is 61.5 Å². The minimum Gasteiger partial charge on any atom is -0.417 e. The summed E-state index contributed by atoms with van der Waals surface area (Å²) in [5.74, 6) is -36.4. The Morgan fingerprint density at radius 2 is 0.939 bits per heavy atom. The Hall–Kier alpha value is -0.733. The molecule has 200 valence electrons. The molecule has 0 saturated heterocycles. The molecule has 0 N–H and O–H groups in total. The Bertz CT molecular complexity index is 636. The van der Waals surface area contributed by atoms with Crippen molar-refractivity contribution >= 4 is 8.32 Å². The summed E-state index contributed by atoms with van der Waals surface area (Å²) < 4.78 is 175. The predicted octanol–water partition coefficient (Wildman–Crippen LogP) is 8.70. The van der Waals surface area contributed by atoms with Crippen LogP contribution in [0.4, 0.5) is 57.1 Å². The van der Waals surface area contributed by atoms with Crippen LogP contribution < -0.4 is 0 Å². The zero-order chi connectivity index (χ0) is 26.9. The van der Waals surface area contributed by atoms with Gasteiger partial charge in [-0.2, -0.15) is 57.1 Å². The van der Waals surface area contributed by atoms with E-state index in [2.05, 4.69) is 0 Å². The van der Waals surface area contributed by atoms with E-state index in [0.717, 1.165) is 0 Å². The highest BCUT2D eigenvalue weighted by molar-refractivity contribution is 6.74. The number of hydrogen-bond acceptors (Lipinski definition) is 1. The number of unbranched alkanes of at least 4 members (excludes halogenated alkanes) is 3. The van der Waals surface area contributed by atoms with Gasteiger partial charge in [-0.05, 0) is 31.0 Å². The van der Waals surface area contributed by atoms with Gasteiger partial charge in [-0.1, -0.05) is 33.6 Å². The van der Waals surface area contributed by atoms with Crippen LogP contribution in [0.1, 0.15) is 52.9 Å². The zero-order valence-corrected chi connectivity index (χ0v) is 19.6. The average molecular weight is 534 g/mol. The van der Waals surface area contributed by atoms with Gasteiger partial charge in [0.25, 0.3) is 0 Å². The lowest BCUT2D eigenvalue weighted by Crippen LogP contribution is -2.70. The fraction of sp³-hybridized carbons (Fsp3) is 1.00. The maximum absolute atomic E-state index is 13.7. The molecule has 1 nitrogen and oxygen atoms in total. The Morgan fingerprint density at radius 3 is 1.33 bits per heavy atom. The van der Waals surface area contributed by atoms with Crippen LogP contribution in [0.15, 0.2) is 0 Å². The lowest BCUT2D eigenvalue weighted by molar-refractivity contribution is -0.440. The highest BCUT2D eigenvalue weighted by atomic mass is 28.4. The summed E-state index contributed by atoms with van der Waals surface area (Å²) in [6.45, 7) is 9.89. The van der Waals surface area contributed by atoms with Crippen molar-refractivity contribution in [3.63, 3.8) is 0 Å². The first-order valence-corrected chi connectivity index (χ1v) is 12.7. The van der Waals surface area contributed by atoms with Gasteiger partial charge in [-0.3, -0.25) is 0 Å². The summed E-state index contributed by atoms with van der Waals surface area (Å²) >= 11 is 0. The van der Waals surface area contributed by atoms with Crippen molar-refractivity contribution in [1.82, 2.24) is 0 Å². The third-order valence-electron chi connectivity index (χ3n) is 5.65. The number of halogens is 13. The summed E-state index contributed by atoms with van der Waals surface area (Å²) in [7, 11) is -2.11. The molecule has 0 radical (unpaired) electrons. The van der Waals surface area contributed by atoms with Crippen molar-refractivity contribution in [2.24, 2.45) is 0 Å². The SMILES string of the molecule is CC(C)(C)[Si](C)(C)OCCCCCCC(F)(F)C(F)(F)C(F)(F)C(F)(F)C(F)(F)C(F)(F)F. The standard InChI is InChI=1S/C18H27F13OSi/c1-12(2,3)33(4,5)32-11-9-7-6-8-10-13(19,20)14(21,22)15(23,24)16(25,26)17(27,28)18(29,30)31/h6-11H2,1-5H3. The van der Waals surface area contributed by atoms with Gasteiger partial charge in [-0.15, -0.1) is 0 Å². The smallest absolute Gasteiger partial charge is 0.417 e. The van der Waals surface area contributed by atoms with Crippen LogP contribution in [-0.4, -0.2) is 50.7 Å². The van der Waals surface area contributed by atoms with E-state index in [1.54, 1.807) is 0 Å². The van der Waals surface area contributed by atoms with Gasteiger partial charge < -0.3 is 4.43 Å². The van der Waals surface area contributed by atoms with Crippen LogP contribution in [0.25, 0.3) is 0 Å². The monoisotopic (exact) mass is 534 g/mol. The summed E-state index contributed by atoms with van der Waals surface area (Å²) in [4.78, 5) is 0. The molecule has 0 saturated carbocycles. The fourth-order valence-corrected chi connectivity index (χ4v) is 3.39. The minimum absolute atomic E-state index is 0.106. The van der Waals surface area contributed by atoms with E-state index in [0.29, 0.717) is 0 Å². The second kappa shape index (κ2) is 9.73. The molecular formula is C18H27F13OSi. The predicted molar refractivity (Wildman–Crippen MR) is 97.0 cm³/mol. The van der Waals surface area contributed by atoms with Crippen LogP contribution in [0, 0.1) is 0 Å². The summed E-state index contributed by atoms with van der Waals surface area (Å²) in [6, 6.07) is 0. The van der Waals surface area contributed by atoms with Gasteiger partial charge >= 0.3 is 35.8 Å². The summed E-state index contributed by atoms with van der Waals surface area (Å²) in [5.41, 5.74) is 0. The average Bonchev–Trinajstić information content (AvgIpc) is 2.58. The first-order chi connectivity index (χ1) is 14.2. The van der Waals surface area contributed by atoms with E-state index in [9.17, 15) is 57.1 Å². The van der Waals surface area contributed by atoms with E-state index >= 15 is 0 Å². The largest absolute Gasteiger partial charge is 0.460 e. The summed E-state index contributed by atoms with van der Waals surface area (Å²) in [6.07, 6.45) is -10.3. The normalized spacial score (nSPS) is 15.8. The lowest BCUT2D eigenvalue weighted by atomic mass is 9.91. The number of alkyl halides is 13. The maximum atomic E-state index is 13.7. The van der Waals surface area contributed by atoms with Crippen molar-refractivity contribution in [2.75, 3.05) is 6.61 Å². The van der Waals surface area contributed by atoms with Crippen molar-refractivity contribution in [3.05, 3.63) is 0 Å². The van der Waals surface area contributed by atoms with Gasteiger partial charge in [0.1, 0.15) is 0 Å². The van der Waals surface area contributed by atoms with Gasteiger partial charge in [0, 0.05) is 13.0 Å². The minimum atomic E-state index is -7.84. The Labute approximate surface area is 184 Å². The fourth-order valence-electron chi connectivity index (χ4n) is 2.31. The van der Waals surface area contributed by atoms with Crippen LogP contribution in [-0.2, 0) is 4.43 Å². The Morgan fingerprint density at radius 1 is 0.545 bits per heavy atom. The highest BCUT2D eigenvalue weighted by Gasteiger charge is 2.90. The van der Waals surface area contributed by atoms with Crippen molar-refractivity contribution in [2.45, 2.75) is 107 Å². The molecule has 33 heavy (non-hydrogen) atoms. The molecule has 0 bridgehead atoms. The van der Waals surface area contributed by atoms with E-state index < -0.39 is 56.9 Å². The Balaban J connectivity index is 5.11. The number of hydrogen-bond donors (Lipinski definition) is 0. The second-order valence-corrected chi connectivity index (χ2v) is 14.1. The Kier molecular flexibility index (Phi) is 9.51. The zero-order valence-electron chi connectivity index (χ0n) is 18.6. The first-order valence-electron chi connectivity index (χ1n) is 9.80. The topological polar surface area (TPSA) is 9.23 Å². The molecule has 0 aromatic heterocycles. The molecule has 0 aliphatic heterocycles. The van der Waals surface area contributed by atoms with Crippen LogP contribution in [0.3, 0.4) is 0 Å². The first kappa shape index (κ1) is 32.3. The summed E-state index contributed by atoms with van der Waals surface area (Å²) in [5, 5.41) is -0.128. The maximum Gasteiger partial charge on any atom is 0.460 e. The van der Waals surface area contributed by atoms with Crippen LogP contribution in [0.5, 0.6) is 0 Å². The molecule has 0 unspecified atom stereocenters. The molecule has 0 fully saturated rings. The molecule has 0 rings (SSSR count). The van der Waals surface area contributed by atoms with Crippen LogP contribution >= 0.6 is 0 Å². The molecule has 0 spiro atoms. The third-order valence-corrected chi connectivity index (χ3v) is 10.2. The van der Waals surface area contributed by atoms with Crippen molar-refractivity contribution in [1.29, 1.82) is 0 Å². The molecule has 0 heterocycles. The van der Waals surface area contributed by atoms with Gasteiger partial charge in [0.2, 0.25) is 0 Å². The molecule has 0 aliphatic carbocycles. The molecule has 0 aliphatic rings. The second-order valence-electron chi connectivity index (χ2n) is 9.27. The van der Waals surface area contributed by atoms with E-state index in [4.69, 9.17) is 4.43 Å². The highest BCUT2D eigenvalue weighted by Crippen LogP contribution is 2.60. The van der Waals surface area contributed by atoms with E-state index in [1.165, 1.54) is 0 Å². The van der Waals surface area contributed by atoms with Gasteiger partial charge in [-0.25, -0.2) is 0 Å². The molecular weight excluding hydrogens is 507 g/mol. The quantitative estimate of drug-likeness (QED) is 0.138. The molecule has 0 amide bonds. The third kappa shape index (κ3) is 6.29. The van der Waals surface area contributed by atoms with E-state index in [-0.39, 0.29) is 30.9 Å². The lowest BCUT2D eigenvalue weighted by Gasteiger charge is -2.39. The van der Waals surface area contributed by atoms with Crippen LogP contribution in [0.2, 0.25) is 18.1 Å². The molecule has 0 atom stereocenters. The molecule has 15 heteroatoms. The van der Waals surface area contributed by atoms with Gasteiger partial charge in [0.05, 0.1) is 0 Å². The molecule has 0 aromatic rings.